The van der Waals surface area contributed by atoms with Gasteiger partial charge >= 0.3 is 0 Å². The number of rotatable bonds is 3. The topological polar surface area (TPSA) is 65.2 Å². The van der Waals surface area contributed by atoms with Crippen molar-refractivity contribution >= 4 is 28.8 Å². The summed E-state index contributed by atoms with van der Waals surface area (Å²) in [6.45, 7) is 0. The zero-order chi connectivity index (χ0) is 12.4. The second kappa shape index (κ2) is 4.73. The highest BCUT2D eigenvalue weighted by molar-refractivity contribution is 7.12. The van der Waals surface area contributed by atoms with Gasteiger partial charge in [0.2, 0.25) is 0 Å². The SMILES string of the molecule is COc1ccc(-c2csc(C(N)=O)n2)cc1Cl. The fraction of sp³-hybridized carbons (Fsp3) is 0.0909. The van der Waals surface area contributed by atoms with Gasteiger partial charge in [0.1, 0.15) is 5.75 Å². The van der Waals surface area contributed by atoms with Gasteiger partial charge in [0, 0.05) is 10.9 Å². The minimum atomic E-state index is -0.527. The van der Waals surface area contributed by atoms with Crippen molar-refractivity contribution in [2.75, 3.05) is 7.11 Å². The molecule has 0 unspecified atom stereocenters. The molecule has 0 saturated heterocycles. The summed E-state index contributed by atoms with van der Waals surface area (Å²) in [4.78, 5) is 15.1. The van der Waals surface area contributed by atoms with Gasteiger partial charge in [-0.05, 0) is 18.2 Å². The molecule has 2 rings (SSSR count). The number of primary amides is 1. The summed E-state index contributed by atoms with van der Waals surface area (Å²) in [6, 6.07) is 5.31. The second-order valence-electron chi connectivity index (χ2n) is 3.25. The van der Waals surface area contributed by atoms with Crippen LogP contribution in [0.1, 0.15) is 9.80 Å². The number of benzene rings is 1. The summed E-state index contributed by atoms with van der Waals surface area (Å²) >= 11 is 7.22. The average Bonchev–Trinajstić information content (AvgIpc) is 2.78. The van der Waals surface area contributed by atoms with Crippen LogP contribution in [0.3, 0.4) is 0 Å². The number of thiazole rings is 1. The summed E-state index contributed by atoms with van der Waals surface area (Å²) in [7, 11) is 1.55. The minimum Gasteiger partial charge on any atom is -0.495 e. The third-order valence-electron chi connectivity index (χ3n) is 2.16. The Labute approximate surface area is 107 Å². The Hall–Kier alpha value is -1.59. The van der Waals surface area contributed by atoms with Crippen molar-refractivity contribution in [2.24, 2.45) is 5.73 Å². The lowest BCUT2D eigenvalue weighted by molar-refractivity contribution is 0.1000. The van der Waals surface area contributed by atoms with Gasteiger partial charge in [-0.15, -0.1) is 11.3 Å². The molecule has 6 heteroatoms. The first kappa shape index (κ1) is 11.9. The highest BCUT2D eigenvalue weighted by atomic mass is 35.5. The van der Waals surface area contributed by atoms with Crippen LogP contribution in [0.4, 0.5) is 0 Å². The van der Waals surface area contributed by atoms with Crippen LogP contribution in [0.2, 0.25) is 5.02 Å². The Kier molecular flexibility index (Phi) is 3.31. The normalized spacial score (nSPS) is 10.2. The summed E-state index contributed by atoms with van der Waals surface area (Å²) in [5.41, 5.74) is 6.64. The highest BCUT2D eigenvalue weighted by Crippen LogP contribution is 2.30. The van der Waals surface area contributed by atoms with E-state index in [0.717, 1.165) is 5.56 Å². The first-order chi connectivity index (χ1) is 8.11. The number of ether oxygens (including phenoxy) is 1. The number of nitrogens with two attached hydrogens (primary N) is 1. The molecule has 1 heterocycles. The van der Waals surface area contributed by atoms with Crippen molar-refractivity contribution < 1.29 is 9.53 Å². The number of carbonyl (C=O) groups excluding carboxylic acids is 1. The molecule has 0 spiro atoms. The number of hydrogen-bond acceptors (Lipinski definition) is 4. The predicted octanol–water partition coefficient (Wildman–Crippen LogP) is 2.57. The Morgan fingerprint density at radius 1 is 1.53 bits per heavy atom. The molecule has 88 valence electrons. The highest BCUT2D eigenvalue weighted by Gasteiger charge is 2.10. The fourth-order valence-electron chi connectivity index (χ4n) is 1.35. The van der Waals surface area contributed by atoms with Crippen molar-refractivity contribution in [3.8, 4) is 17.0 Å². The van der Waals surface area contributed by atoms with Gasteiger partial charge in [-0.25, -0.2) is 4.98 Å². The van der Waals surface area contributed by atoms with Crippen LogP contribution in [0.15, 0.2) is 23.6 Å². The largest absolute Gasteiger partial charge is 0.495 e. The monoisotopic (exact) mass is 268 g/mol. The zero-order valence-electron chi connectivity index (χ0n) is 8.94. The third-order valence-corrected chi connectivity index (χ3v) is 3.31. The van der Waals surface area contributed by atoms with Gasteiger partial charge in [0.25, 0.3) is 5.91 Å². The van der Waals surface area contributed by atoms with E-state index in [1.165, 1.54) is 11.3 Å². The van der Waals surface area contributed by atoms with Crippen molar-refractivity contribution in [3.05, 3.63) is 33.6 Å². The molecule has 2 aromatic rings. The van der Waals surface area contributed by atoms with E-state index in [0.29, 0.717) is 16.5 Å². The number of nitrogens with zero attached hydrogens (tertiary/aromatic N) is 1. The van der Waals surface area contributed by atoms with Crippen molar-refractivity contribution in [2.45, 2.75) is 0 Å². The van der Waals surface area contributed by atoms with Gasteiger partial charge in [-0.3, -0.25) is 4.79 Å². The Morgan fingerprint density at radius 3 is 2.82 bits per heavy atom. The van der Waals surface area contributed by atoms with Crippen LogP contribution < -0.4 is 10.5 Å². The van der Waals surface area contributed by atoms with Crippen LogP contribution in [-0.2, 0) is 0 Å². The lowest BCUT2D eigenvalue weighted by Crippen LogP contribution is -2.10. The number of methoxy groups -OCH3 is 1. The van der Waals surface area contributed by atoms with E-state index in [-0.39, 0.29) is 5.01 Å². The molecule has 0 aliphatic rings. The van der Waals surface area contributed by atoms with Gasteiger partial charge in [0.15, 0.2) is 5.01 Å². The van der Waals surface area contributed by atoms with Crippen LogP contribution in [0.5, 0.6) is 5.75 Å². The first-order valence-corrected chi connectivity index (χ1v) is 5.97. The maximum atomic E-state index is 10.9. The number of aromatic nitrogens is 1. The molecule has 4 nitrogen and oxygen atoms in total. The van der Waals surface area contributed by atoms with E-state index in [1.807, 2.05) is 6.07 Å². The van der Waals surface area contributed by atoms with Crippen LogP contribution in [0.25, 0.3) is 11.3 Å². The van der Waals surface area contributed by atoms with Crippen LogP contribution >= 0.6 is 22.9 Å². The van der Waals surface area contributed by atoms with Crippen molar-refractivity contribution in [3.63, 3.8) is 0 Å². The third kappa shape index (κ3) is 2.40. The van der Waals surface area contributed by atoms with Gasteiger partial charge in [-0.1, -0.05) is 11.6 Å². The Balaban J connectivity index is 2.39. The lowest BCUT2D eigenvalue weighted by atomic mass is 10.2. The van der Waals surface area contributed by atoms with E-state index < -0.39 is 5.91 Å². The van der Waals surface area contributed by atoms with Gasteiger partial charge in [-0.2, -0.15) is 0 Å². The molecule has 0 atom stereocenters. The molecule has 2 N–H and O–H groups in total. The van der Waals surface area contributed by atoms with Gasteiger partial charge < -0.3 is 10.5 Å². The van der Waals surface area contributed by atoms with Crippen LogP contribution in [-0.4, -0.2) is 18.0 Å². The fourth-order valence-corrected chi connectivity index (χ4v) is 2.28. The average molecular weight is 269 g/mol. The lowest BCUT2D eigenvalue weighted by Gasteiger charge is -2.03. The van der Waals surface area contributed by atoms with E-state index in [1.54, 1.807) is 24.6 Å². The standard InChI is InChI=1S/C11H9ClN2O2S/c1-16-9-3-2-6(4-7(9)12)8-5-17-11(14-8)10(13)15/h2-5H,1H3,(H2,13,15). The maximum Gasteiger partial charge on any atom is 0.277 e. The molecule has 1 amide bonds. The van der Waals surface area contributed by atoms with E-state index in [4.69, 9.17) is 22.1 Å². The Bertz CT molecular complexity index is 568. The summed E-state index contributed by atoms with van der Waals surface area (Å²) in [5, 5.41) is 2.55. The van der Waals surface area contributed by atoms with Crippen LogP contribution in [0, 0.1) is 0 Å². The summed E-state index contributed by atoms with van der Waals surface area (Å²) < 4.78 is 5.06. The summed E-state index contributed by atoms with van der Waals surface area (Å²) in [6.07, 6.45) is 0. The molecular weight excluding hydrogens is 260 g/mol. The predicted molar refractivity (Wildman–Crippen MR) is 67.6 cm³/mol. The molecule has 0 aliphatic carbocycles. The molecule has 0 saturated carbocycles. The molecule has 17 heavy (non-hydrogen) atoms. The van der Waals surface area contributed by atoms with Crippen molar-refractivity contribution in [1.82, 2.24) is 4.98 Å². The number of halogens is 1. The smallest absolute Gasteiger partial charge is 0.277 e. The molecule has 1 aromatic heterocycles. The molecular formula is C11H9ClN2O2S. The number of carbonyl (C=O) groups is 1. The minimum absolute atomic E-state index is 0.284. The van der Waals surface area contributed by atoms with Gasteiger partial charge in [0.05, 0.1) is 17.8 Å². The Morgan fingerprint density at radius 2 is 2.29 bits per heavy atom. The summed E-state index contributed by atoms with van der Waals surface area (Å²) in [5.74, 6) is 0.0710. The molecule has 0 fully saturated rings. The second-order valence-corrected chi connectivity index (χ2v) is 4.52. The molecule has 0 radical (unpaired) electrons. The van der Waals surface area contributed by atoms with E-state index in [2.05, 4.69) is 4.98 Å². The van der Waals surface area contributed by atoms with Crippen molar-refractivity contribution in [1.29, 1.82) is 0 Å². The zero-order valence-corrected chi connectivity index (χ0v) is 10.5. The van der Waals surface area contributed by atoms with E-state index in [9.17, 15) is 4.79 Å². The maximum absolute atomic E-state index is 10.9. The molecule has 1 aromatic carbocycles. The molecule has 0 aliphatic heterocycles. The number of amides is 1. The first-order valence-electron chi connectivity index (χ1n) is 4.71. The quantitative estimate of drug-likeness (QED) is 0.930. The number of hydrogen-bond donors (Lipinski definition) is 1. The van der Waals surface area contributed by atoms with E-state index >= 15 is 0 Å². The molecule has 0 bridgehead atoms.